The van der Waals surface area contributed by atoms with Crippen LogP contribution >= 0.6 is 22.9 Å². The maximum atomic E-state index is 13.9. The molecule has 8 heteroatoms. The molecule has 2 amide bonds. The Morgan fingerprint density at radius 2 is 2.00 bits per heavy atom. The molecular weight excluding hydrogens is 415 g/mol. The van der Waals surface area contributed by atoms with E-state index < -0.39 is 5.82 Å². The molecule has 5 nitrogen and oxygen atoms in total. The average Bonchev–Trinajstić information content (AvgIpc) is 3.24. The van der Waals surface area contributed by atoms with Gasteiger partial charge in [0.1, 0.15) is 0 Å². The molecule has 0 saturated carbocycles. The number of methoxy groups -OCH3 is 1. The first-order chi connectivity index (χ1) is 13.9. The summed E-state index contributed by atoms with van der Waals surface area (Å²) in [6.45, 7) is 0.208. The minimum absolute atomic E-state index is 0.145. The Hall–Kier alpha value is -2.90. The summed E-state index contributed by atoms with van der Waals surface area (Å²) in [5.41, 5.74) is 1.33. The van der Waals surface area contributed by atoms with E-state index >= 15 is 0 Å². The highest BCUT2D eigenvalue weighted by atomic mass is 35.5. The van der Waals surface area contributed by atoms with Gasteiger partial charge in [-0.3, -0.25) is 9.59 Å². The van der Waals surface area contributed by atoms with Gasteiger partial charge in [0, 0.05) is 19.2 Å². The van der Waals surface area contributed by atoms with E-state index in [4.69, 9.17) is 16.3 Å². The van der Waals surface area contributed by atoms with Gasteiger partial charge in [0.05, 0.1) is 22.7 Å². The summed E-state index contributed by atoms with van der Waals surface area (Å²) in [5, 5.41) is 4.85. The summed E-state index contributed by atoms with van der Waals surface area (Å²) in [7, 11) is 3.01. The predicted molar refractivity (Wildman–Crippen MR) is 112 cm³/mol. The summed E-state index contributed by atoms with van der Waals surface area (Å²) in [4.78, 5) is 27.0. The van der Waals surface area contributed by atoms with Crippen LogP contribution in [0.5, 0.6) is 5.75 Å². The Balaban J connectivity index is 1.74. The first kappa shape index (κ1) is 20.8. The van der Waals surface area contributed by atoms with Crippen LogP contribution in [0.25, 0.3) is 0 Å². The Bertz CT molecular complexity index is 1040. The van der Waals surface area contributed by atoms with Crippen molar-refractivity contribution in [1.82, 2.24) is 4.90 Å². The molecule has 0 aliphatic carbocycles. The minimum atomic E-state index is -0.490. The van der Waals surface area contributed by atoms with Crippen LogP contribution in [-0.2, 0) is 6.54 Å². The van der Waals surface area contributed by atoms with Crippen LogP contribution in [0, 0.1) is 5.82 Å². The van der Waals surface area contributed by atoms with E-state index in [1.54, 1.807) is 42.8 Å². The molecule has 0 fully saturated rings. The summed E-state index contributed by atoms with van der Waals surface area (Å²) in [6, 6.07) is 12.7. The van der Waals surface area contributed by atoms with Crippen LogP contribution in [0.3, 0.4) is 0 Å². The van der Waals surface area contributed by atoms with Gasteiger partial charge in [-0.05, 0) is 47.3 Å². The quantitative estimate of drug-likeness (QED) is 0.591. The van der Waals surface area contributed by atoms with Gasteiger partial charge in [-0.15, -0.1) is 11.3 Å². The second-order valence-corrected chi connectivity index (χ2v) is 7.61. The SMILES string of the molecule is COc1ccc(CN(C)C(=O)c2ccc(Cl)c(NC(=O)c3cccs3)c2)cc1F. The molecule has 0 unspecified atom stereocenters. The highest BCUT2D eigenvalue weighted by Gasteiger charge is 2.16. The van der Waals surface area contributed by atoms with Crippen molar-refractivity contribution >= 4 is 40.4 Å². The number of amides is 2. The first-order valence-corrected chi connectivity index (χ1v) is 9.87. The van der Waals surface area contributed by atoms with Crippen molar-refractivity contribution in [2.24, 2.45) is 0 Å². The lowest BCUT2D eigenvalue weighted by Gasteiger charge is -2.18. The van der Waals surface area contributed by atoms with Crippen molar-refractivity contribution < 1.29 is 18.7 Å². The fourth-order valence-electron chi connectivity index (χ4n) is 2.72. The molecule has 3 rings (SSSR count). The van der Waals surface area contributed by atoms with E-state index in [0.29, 0.717) is 26.7 Å². The number of nitrogens with zero attached hydrogens (tertiary/aromatic N) is 1. The summed E-state index contributed by atoms with van der Waals surface area (Å²) >= 11 is 7.48. The number of rotatable bonds is 6. The molecule has 150 valence electrons. The Kier molecular flexibility index (Phi) is 6.51. The largest absolute Gasteiger partial charge is 0.494 e. The second-order valence-electron chi connectivity index (χ2n) is 6.26. The Labute approximate surface area is 176 Å². The maximum absolute atomic E-state index is 13.9. The van der Waals surface area contributed by atoms with Crippen molar-refractivity contribution in [3.63, 3.8) is 0 Å². The number of carbonyl (C=O) groups excluding carboxylic acids is 2. The molecule has 2 aromatic carbocycles. The molecule has 0 spiro atoms. The standard InChI is InChI=1S/C21H18ClFN2O3S/c1-25(12-13-5-8-18(28-2)16(23)10-13)21(27)14-6-7-15(22)17(11-14)24-20(26)19-4-3-9-29-19/h3-11H,12H2,1-2H3,(H,24,26). The lowest BCUT2D eigenvalue weighted by atomic mass is 10.1. The van der Waals surface area contributed by atoms with Gasteiger partial charge in [-0.1, -0.05) is 23.7 Å². The molecule has 0 aliphatic rings. The molecule has 3 aromatic rings. The number of anilines is 1. The van der Waals surface area contributed by atoms with E-state index in [9.17, 15) is 14.0 Å². The van der Waals surface area contributed by atoms with Crippen molar-refractivity contribution in [1.29, 1.82) is 0 Å². The number of hydrogen-bond donors (Lipinski definition) is 1. The first-order valence-electron chi connectivity index (χ1n) is 8.61. The monoisotopic (exact) mass is 432 g/mol. The third-order valence-electron chi connectivity index (χ3n) is 4.19. The van der Waals surface area contributed by atoms with Gasteiger partial charge in [0.2, 0.25) is 0 Å². The molecule has 1 N–H and O–H groups in total. The number of halogens is 2. The van der Waals surface area contributed by atoms with E-state index in [2.05, 4.69) is 5.32 Å². The van der Waals surface area contributed by atoms with E-state index in [1.165, 1.54) is 41.5 Å². The van der Waals surface area contributed by atoms with Crippen LogP contribution in [0.15, 0.2) is 53.9 Å². The van der Waals surface area contributed by atoms with Gasteiger partial charge >= 0.3 is 0 Å². The van der Waals surface area contributed by atoms with E-state index in [0.717, 1.165) is 0 Å². The maximum Gasteiger partial charge on any atom is 0.265 e. The van der Waals surface area contributed by atoms with E-state index in [1.807, 2.05) is 0 Å². The fourth-order valence-corrected chi connectivity index (χ4v) is 3.50. The van der Waals surface area contributed by atoms with Crippen LogP contribution in [-0.4, -0.2) is 30.9 Å². The number of hydrogen-bond acceptors (Lipinski definition) is 4. The number of thiophene rings is 1. The highest BCUT2D eigenvalue weighted by Crippen LogP contribution is 2.25. The van der Waals surface area contributed by atoms with Crippen LogP contribution < -0.4 is 10.1 Å². The number of benzene rings is 2. The van der Waals surface area contributed by atoms with Crippen molar-refractivity contribution in [2.75, 3.05) is 19.5 Å². The zero-order valence-corrected chi connectivity index (χ0v) is 17.3. The molecule has 1 heterocycles. The van der Waals surface area contributed by atoms with Gasteiger partial charge in [0.25, 0.3) is 11.8 Å². The Morgan fingerprint density at radius 1 is 1.21 bits per heavy atom. The zero-order valence-electron chi connectivity index (χ0n) is 15.7. The smallest absolute Gasteiger partial charge is 0.265 e. The number of carbonyl (C=O) groups is 2. The molecule has 0 atom stereocenters. The predicted octanol–water partition coefficient (Wildman–Crippen LogP) is 5.07. The topological polar surface area (TPSA) is 58.6 Å². The van der Waals surface area contributed by atoms with Crippen molar-refractivity contribution in [2.45, 2.75) is 6.54 Å². The van der Waals surface area contributed by atoms with Crippen LogP contribution in [0.4, 0.5) is 10.1 Å². The minimum Gasteiger partial charge on any atom is -0.494 e. The normalized spacial score (nSPS) is 10.5. The third kappa shape index (κ3) is 4.93. The van der Waals surface area contributed by atoms with Crippen LogP contribution in [0.1, 0.15) is 25.6 Å². The average molecular weight is 433 g/mol. The number of nitrogens with one attached hydrogen (secondary N) is 1. The molecule has 1 aromatic heterocycles. The third-order valence-corrected chi connectivity index (χ3v) is 5.39. The summed E-state index contributed by atoms with van der Waals surface area (Å²) in [5.74, 6) is -0.930. The molecule has 0 saturated heterocycles. The van der Waals surface area contributed by atoms with Crippen LogP contribution in [0.2, 0.25) is 5.02 Å². The van der Waals surface area contributed by atoms with Crippen molar-refractivity contribution in [3.8, 4) is 5.75 Å². The Morgan fingerprint density at radius 3 is 2.66 bits per heavy atom. The van der Waals surface area contributed by atoms with Gasteiger partial charge in [0.15, 0.2) is 11.6 Å². The molecular formula is C21H18ClFN2O3S. The summed E-state index contributed by atoms with van der Waals surface area (Å²) < 4.78 is 18.8. The molecule has 0 bridgehead atoms. The summed E-state index contributed by atoms with van der Waals surface area (Å²) in [6.07, 6.45) is 0. The zero-order chi connectivity index (χ0) is 21.0. The number of ether oxygens (including phenoxy) is 1. The molecule has 0 radical (unpaired) electrons. The van der Waals surface area contributed by atoms with E-state index in [-0.39, 0.29) is 24.1 Å². The lowest BCUT2D eigenvalue weighted by Crippen LogP contribution is -2.26. The van der Waals surface area contributed by atoms with Crippen molar-refractivity contribution in [3.05, 3.63) is 80.8 Å². The lowest BCUT2D eigenvalue weighted by molar-refractivity contribution is 0.0784. The molecule has 0 aliphatic heterocycles. The van der Waals surface area contributed by atoms with Gasteiger partial charge in [-0.2, -0.15) is 0 Å². The van der Waals surface area contributed by atoms with Gasteiger partial charge < -0.3 is 15.0 Å². The molecule has 29 heavy (non-hydrogen) atoms. The van der Waals surface area contributed by atoms with Gasteiger partial charge in [-0.25, -0.2) is 4.39 Å². The second kappa shape index (κ2) is 9.07. The highest BCUT2D eigenvalue weighted by molar-refractivity contribution is 7.12. The fraction of sp³-hybridized carbons (Fsp3) is 0.143.